The molecule has 170 valence electrons. The van der Waals surface area contributed by atoms with Gasteiger partial charge in [0.15, 0.2) is 0 Å². The number of nitrogens with two attached hydrogens (primary N) is 2. The van der Waals surface area contributed by atoms with Crippen LogP contribution >= 0.6 is 11.8 Å². The second-order valence-electron chi connectivity index (χ2n) is 8.11. The normalized spacial score (nSPS) is 14.2. The van der Waals surface area contributed by atoms with Crippen molar-refractivity contribution >= 4 is 40.4 Å². The van der Waals surface area contributed by atoms with Gasteiger partial charge in [-0.2, -0.15) is 11.8 Å². The molecule has 0 unspecified atom stereocenters. The van der Waals surface area contributed by atoms with E-state index in [4.69, 9.17) is 11.5 Å². The summed E-state index contributed by atoms with van der Waals surface area (Å²) >= 11 is 1.56. The van der Waals surface area contributed by atoms with E-state index in [0.29, 0.717) is 25.0 Å². The molecule has 7 N–H and O–H groups in total. The Balaban J connectivity index is 2.05. The van der Waals surface area contributed by atoms with E-state index in [2.05, 4.69) is 15.6 Å². The van der Waals surface area contributed by atoms with Crippen LogP contribution in [0.4, 0.5) is 0 Å². The summed E-state index contributed by atoms with van der Waals surface area (Å²) in [7, 11) is 0. The lowest BCUT2D eigenvalue weighted by molar-refractivity contribution is -0.132. The van der Waals surface area contributed by atoms with Crippen LogP contribution in [-0.2, 0) is 20.8 Å². The lowest BCUT2D eigenvalue weighted by Gasteiger charge is -2.24. The van der Waals surface area contributed by atoms with Gasteiger partial charge >= 0.3 is 0 Å². The highest BCUT2D eigenvalue weighted by Crippen LogP contribution is 2.19. The van der Waals surface area contributed by atoms with E-state index in [-0.39, 0.29) is 5.92 Å². The van der Waals surface area contributed by atoms with E-state index < -0.39 is 35.8 Å². The van der Waals surface area contributed by atoms with Gasteiger partial charge in [-0.25, -0.2) is 0 Å². The Bertz CT molecular complexity index is 898. The fraction of sp³-hybridized carbons (Fsp3) is 0.500. The topological polar surface area (TPSA) is 143 Å². The maximum absolute atomic E-state index is 12.8. The van der Waals surface area contributed by atoms with E-state index in [0.717, 1.165) is 16.5 Å². The first kappa shape index (κ1) is 24.7. The summed E-state index contributed by atoms with van der Waals surface area (Å²) in [6.45, 7) is 3.91. The highest BCUT2D eigenvalue weighted by atomic mass is 32.2. The zero-order valence-corrected chi connectivity index (χ0v) is 19.1. The number of rotatable bonds is 12. The smallest absolute Gasteiger partial charge is 0.243 e. The van der Waals surface area contributed by atoms with Crippen molar-refractivity contribution < 1.29 is 14.4 Å². The predicted octanol–water partition coefficient (Wildman–Crippen LogP) is 1.29. The van der Waals surface area contributed by atoms with Gasteiger partial charge in [0.25, 0.3) is 0 Å². The van der Waals surface area contributed by atoms with Gasteiger partial charge in [-0.1, -0.05) is 32.0 Å². The predicted molar refractivity (Wildman–Crippen MR) is 125 cm³/mol. The molecule has 1 aromatic heterocycles. The SMILES string of the molecule is CSCC[C@H](NC(=O)[C@H](CC(C)C)NC(=O)[C@H](N)Cc1c[nH]c2ccccc12)C(N)=O. The quantitative estimate of drug-likeness (QED) is 0.333. The molecule has 0 fully saturated rings. The third-order valence-corrected chi connectivity index (χ3v) is 5.71. The maximum Gasteiger partial charge on any atom is 0.243 e. The van der Waals surface area contributed by atoms with Crippen molar-refractivity contribution in [3.05, 3.63) is 36.0 Å². The van der Waals surface area contributed by atoms with Crippen molar-refractivity contribution in [2.45, 2.75) is 51.2 Å². The molecule has 2 aromatic rings. The molecule has 9 heteroatoms. The van der Waals surface area contributed by atoms with Gasteiger partial charge in [-0.05, 0) is 48.8 Å². The van der Waals surface area contributed by atoms with Crippen LogP contribution in [-0.4, -0.2) is 52.8 Å². The molecule has 3 amide bonds. The van der Waals surface area contributed by atoms with Gasteiger partial charge in [-0.3, -0.25) is 14.4 Å². The van der Waals surface area contributed by atoms with Gasteiger partial charge in [0.05, 0.1) is 6.04 Å². The third kappa shape index (κ3) is 7.29. The molecular weight excluding hydrogens is 414 g/mol. The summed E-state index contributed by atoms with van der Waals surface area (Å²) in [5.74, 6) is -0.589. The highest BCUT2D eigenvalue weighted by Gasteiger charge is 2.28. The number of carbonyl (C=O) groups excluding carboxylic acids is 3. The number of aromatic nitrogens is 1. The zero-order valence-electron chi connectivity index (χ0n) is 18.3. The third-order valence-electron chi connectivity index (χ3n) is 5.06. The van der Waals surface area contributed by atoms with Crippen LogP contribution in [0.2, 0.25) is 0 Å². The minimum Gasteiger partial charge on any atom is -0.368 e. The Hall–Kier alpha value is -2.52. The Morgan fingerprint density at radius 2 is 1.77 bits per heavy atom. The summed E-state index contributed by atoms with van der Waals surface area (Å²) in [4.78, 5) is 40.5. The van der Waals surface area contributed by atoms with Crippen LogP contribution in [0.15, 0.2) is 30.5 Å². The molecule has 0 bridgehead atoms. The van der Waals surface area contributed by atoms with E-state index in [1.165, 1.54) is 0 Å². The van der Waals surface area contributed by atoms with E-state index in [1.807, 2.05) is 50.6 Å². The van der Waals surface area contributed by atoms with Gasteiger partial charge in [0.1, 0.15) is 12.1 Å². The molecule has 0 aliphatic rings. The molecule has 0 radical (unpaired) electrons. The lowest BCUT2D eigenvalue weighted by atomic mass is 10.0. The van der Waals surface area contributed by atoms with Crippen molar-refractivity contribution in [1.82, 2.24) is 15.6 Å². The van der Waals surface area contributed by atoms with Crippen molar-refractivity contribution in [2.75, 3.05) is 12.0 Å². The Labute approximate surface area is 187 Å². The standard InChI is InChI=1S/C22H33N5O3S/c1-13(2)10-19(22(30)26-18(20(24)28)8-9-31-3)27-21(29)16(23)11-14-12-25-17-7-5-4-6-15(14)17/h4-7,12-13,16,18-19,25H,8-11,23H2,1-3H3,(H2,24,28)(H,26,30)(H,27,29)/t16-,18+,19+/m1/s1. The minimum absolute atomic E-state index is 0.152. The number of H-pyrrole nitrogens is 1. The second kappa shape index (κ2) is 11.8. The van der Waals surface area contributed by atoms with Crippen molar-refractivity contribution in [1.29, 1.82) is 0 Å². The maximum atomic E-state index is 12.8. The van der Waals surface area contributed by atoms with Crippen LogP contribution in [0.25, 0.3) is 10.9 Å². The number of thioether (sulfide) groups is 1. The summed E-state index contributed by atoms with van der Waals surface area (Å²) < 4.78 is 0. The van der Waals surface area contributed by atoms with Crippen LogP contribution < -0.4 is 22.1 Å². The largest absolute Gasteiger partial charge is 0.368 e. The Morgan fingerprint density at radius 1 is 1.10 bits per heavy atom. The van der Waals surface area contributed by atoms with Crippen molar-refractivity contribution in [3.63, 3.8) is 0 Å². The molecule has 2 rings (SSSR count). The molecule has 0 aliphatic carbocycles. The summed E-state index contributed by atoms with van der Waals surface area (Å²) in [6.07, 6.45) is 4.95. The number of carbonyl (C=O) groups is 3. The number of aromatic amines is 1. The zero-order chi connectivity index (χ0) is 23.0. The average molecular weight is 448 g/mol. The van der Waals surface area contributed by atoms with E-state index >= 15 is 0 Å². The van der Waals surface area contributed by atoms with Crippen molar-refractivity contribution in [2.24, 2.45) is 17.4 Å². The molecule has 8 nitrogen and oxygen atoms in total. The van der Waals surface area contributed by atoms with Crippen LogP contribution in [0.5, 0.6) is 0 Å². The minimum atomic E-state index is -0.815. The Kier molecular flexibility index (Phi) is 9.39. The molecule has 1 aromatic carbocycles. The average Bonchev–Trinajstić information content (AvgIpc) is 3.12. The van der Waals surface area contributed by atoms with Crippen LogP contribution in [0.1, 0.15) is 32.3 Å². The first-order valence-corrected chi connectivity index (χ1v) is 11.8. The van der Waals surface area contributed by atoms with Gasteiger partial charge in [0.2, 0.25) is 17.7 Å². The van der Waals surface area contributed by atoms with Gasteiger partial charge < -0.3 is 27.1 Å². The molecule has 3 atom stereocenters. The molecule has 31 heavy (non-hydrogen) atoms. The number of nitrogens with one attached hydrogen (secondary N) is 3. The van der Waals surface area contributed by atoms with Gasteiger partial charge in [-0.15, -0.1) is 0 Å². The molecule has 0 saturated carbocycles. The summed E-state index contributed by atoms with van der Waals surface area (Å²) in [6, 6.07) is 5.41. The number of para-hydroxylation sites is 1. The number of hydrogen-bond acceptors (Lipinski definition) is 5. The molecule has 0 aliphatic heterocycles. The fourth-order valence-corrected chi connectivity index (χ4v) is 3.88. The van der Waals surface area contributed by atoms with Crippen LogP contribution in [0.3, 0.4) is 0 Å². The number of fused-ring (bicyclic) bond motifs is 1. The highest BCUT2D eigenvalue weighted by molar-refractivity contribution is 7.98. The molecular formula is C22H33N5O3S. The van der Waals surface area contributed by atoms with Crippen LogP contribution in [0, 0.1) is 5.92 Å². The summed E-state index contributed by atoms with van der Waals surface area (Å²) in [5, 5.41) is 6.46. The first-order chi connectivity index (χ1) is 14.7. The number of hydrogen-bond donors (Lipinski definition) is 5. The lowest BCUT2D eigenvalue weighted by Crippen LogP contribution is -2.56. The summed E-state index contributed by atoms with van der Waals surface area (Å²) in [5.41, 5.74) is 13.5. The van der Waals surface area contributed by atoms with Gasteiger partial charge in [0, 0.05) is 17.1 Å². The first-order valence-electron chi connectivity index (χ1n) is 10.4. The Morgan fingerprint density at radius 3 is 2.42 bits per heavy atom. The van der Waals surface area contributed by atoms with Crippen molar-refractivity contribution in [3.8, 4) is 0 Å². The number of primary amides is 1. The fourth-order valence-electron chi connectivity index (χ4n) is 3.41. The van der Waals surface area contributed by atoms with E-state index in [1.54, 1.807) is 11.8 Å². The second-order valence-corrected chi connectivity index (χ2v) is 9.09. The number of amides is 3. The molecule has 0 spiro atoms. The molecule has 0 saturated heterocycles. The molecule has 1 heterocycles. The number of benzene rings is 1. The monoisotopic (exact) mass is 447 g/mol. The van der Waals surface area contributed by atoms with E-state index in [9.17, 15) is 14.4 Å².